The van der Waals surface area contributed by atoms with Crippen molar-refractivity contribution in [1.29, 1.82) is 0 Å². The Hall–Kier alpha value is -2.41. The van der Waals surface area contributed by atoms with Crippen molar-refractivity contribution in [3.8, 4) is 5.75 Å². The van der Waals surface area contributed by atoms with E-state index in [1.165, 1.54) is 13.2 Å². The fraction of sp³-hybridized carbons (Fsp3) is 0.286. The molecule has 1 saturated carbocycles. The van der Waals surface area contributed by atoms with Gasteiger partial charge in [-0.2, -0.15) is 0 Å². The molecule has 2 aromatic rings. The lowest BCUT2D eigenvalue weighted by Gasteiger charge is -2.09. The smallest absolute Gasteiger partial charge is 0.296 e. The Morgan fingerprint density at radius 1 is 1.36 bits per heavy atom. The minimum absolute atomic E-state index is 0.0953. The van der Waals surface area contributed by atoms with Gasteiger partial charge in [-0.1, -0.05) is 11.6 Å². The SMILES string of the molecule is COc1ccc(Nc2cc(Cl)nc(C3CC3)n2)c([N+](=O)[O-])c1. The summed E-state index contributed by atoms with van der Waals surface area (Å²) >= 11 is 5.99. The predicted octanol–water partition coefficient (Wildman–Crippen LogP) is 3.67. The molecular formula is C14H13ClN4O3. The van der Waals surface area contributed by atoms with Gasteiger partial charge in [0.05, 0.1) is 18.1 Å². The highest BCUT2D eigenvalue weighted by Crippen LogP contribution is 2.39. The largest absolute Gasteiger partial charge is 0.496 e. The van der Waals surface area contributed by atoms with Crippen molar-refractivity contribution in [1.82, 2.24) is 9.97 Å². The summed E-state index contributed by atoms with van der Waals surface area (Å²) in [4.78, 5) is 19.3. The van der Waals surface area contributed by atoms with Gasteiger partial charge in [0.1, 0.15) is 28.2 Å². The zero-order valence-corrected chi connectivity index (χ0v) is 12.5. The van der Waals surface area contributed by atoms with Crippen LogP contribution >= 0.6 is 11.6 Å². The van der Waals surface area contributed by atoms with Crippen molar-refractivity contribution in [2.45, 2.75) is 18.8 Å². The normalized spacial score (nSPS) is 13.7. The Kier molecular flexibility index (Phi) is 3.81. The first-order valence-electron chi connectivity index (χ1n) is 6.71. The van der Waals surface area contributed by atoms with E-state index in [0.717, 1.165) is 12.8 Å². The lowest BCUT2D eigenvalue weighted by atomic mass is 10.2. The Morgan fingerprint density at radius 3 is 2.77 bits per heavy atom. The summed E-state index contributed by atoms with van der Waals surface area (Å²) < 4.78 is 5.01. The summed E-state index contributed by atoms with van der Waals surface area (Å²) in [7, 11) is 1.46. The fourth-order valence-corrected chi connectivity index (χ4v) is 2.25. The van der Waals surface area contributed by atoms with E-state index >= 15 is 0 Å². The molecule has 1 aromatic heterocycles. The van der Waals surface area contributed by atoms with Crippen molar-refractivity contribution in [2.75, 3.05) is 12.4 Å². The summed E-state index contributed by atoms with van der Waals surface area (Å²) in [5.74, 6) is 1.86. The molecule has 114 valence electrons. The second kappa shape index (κ2) is 5.76. The van der Waals surface area contributed by atoms with E-state index < -0.39 is 4.92 Å². The van der Waals surface area contributed by atoms with Gasteiger partial charge in [-0.05, 0) is 25.0 Å². The number of aromatic nitrogens is 2. The Morgan fingerprint density at radius 2 is 2.14 bits per heavy atom. The van der Waals surface area contributed by atoms with E-state index in [9.17, 15) is 10.1 Å². The summed E-state index contributed by atoms with van der Waals surface area (Å²) in [5.41, 5.74) is 0.226. The number of nitrogens with one attached hydrogen (secondary N) is 1. The minimum Gasteiger partial charge on any atom is -0.496 e. The van der Waals surface area contributed by atoms with Gasteiger partial charge >= 0.3 is 0 Å². The number of rotatable bonds is 5. The van der Waals surface area contributed by atoms with Gasteiger partial charge in [-0.15, -0.1) is 0 Å². The summed E-state index contributed by atoms with van der Waals surface area (Å²) in [6.07, 6.45) is 2.09. The number of anilines is 2. The van der Waals surface area contributed by atoms with Crippen LogP contribution in [0.25, 0.3) is 0 Å². The molecule has 3 rings (SSSR count). The second-order valence-corrected chi connectivity index (χ2v) is 5.36. The molecule has 7 nitrogen and oxygen atoms in total. The van der Waals surface area contributed by atoms with E-state index in [2.05, 4.69) is 15.3 Å². The van der Waals surface area contributed by atoms with E-state index in [-0.39, 0.29) is 5.69 Å². The number of nitro groups is 1. The molecule has 0 bridgehead atoms. The van der Waals surface area contributed by atoms with Gasteiger partial charge in [0.2, 0.25) is 0 Å². The second-order valence-electron chi connectivity index (χ2n) is 4.97. The summed E-state index contributed by atoms with van der Waals surface area (Å²) in [6.45, 7) is 0. The predicted molar refractivity (Wildman–Crippen MR) is 81.9 cm³/mol. The topological polar surface area (TPSA) is 90.2 Å². The number of ether oxygens (including phenoxy) is 1. The molecule has 0 spiro atoms. The molecule has 1 N–H and O–H groups in total. The first-order chi connectivity index (χ1) is 10.6. The lowest BCUT2D eigenvalue weighted by Crippen LogP contribution is -2.02. The lowest BCUT2D eigenvalue weighted by molar-refractivity contribution is -0.384. The zero-order valence-electron chi connectivity index (χ0n) is 11.7. The number of hydrogen-bond acceptors (Lipinski definition) is 6. The molecule has 8 heteroatoms. The number of methoxy groups -OCH3 is 1. The molecule has 0 amide bonds. The molecule has 1 aliphatic carbocycles. The van der Waals surface area contributed by atoms with Crippen molar-refractivity contribution in [2.24, 2.45) is 0 Å². The molecule has 1 fully saturated rings. The van der Waals surface area contributed by atoms with Crippen molar-refractivity contribution >= 4 is 28.8 Å². The molecule has 0 aliphatic heterocycles. The number of halogens is 1. The number of benzene rings is 1. The van der Waals surface area contributed by atoms with Crippen LogP contribution in [0.5, 0.6) is 5.75 Å². The molecule has 0 unspecified atom stereocenters. The number of nitro benzene ring substituents is 1. The molecule has 0 radical (unpaired) electrons. The maximum atomic E-state index is 11.2. The van der Waals surface area contributed by atoms with E-state index in [4.69, 9.17) is 16.3 Å². The van der Waals surface area contributed by atoms with Crippen molar-refractivity contribution in [3.05, 3.63) is 45.4 Å². The molecule has 22 heavy (non-hydrogen) atoms. The van der Waals surface area contributed by atoms with Gasteiger partial charge in [-0.25, -0.2) is 9.97 Å². The maximum absolute atomic E-state index is 11.2. The van der Waals surface area contributed by atoms with Gasteiger partial charge in [-0.3, -0.25) is 10.1 Å². The first-order valence-corrected chi connectivity index (χ1v) is 7.08. The molecule has 0 atom stereocenters. The molecular weight excluding hydrogens is 308 g/mol. The molecule has 0 saturated heterocycles. The number of hydrogen-bond donors (Lipinski definition) is 1. The van der Waals surface area contributed by atoms with Crippen LogP contribution in [0.1, 0.15) is 24.6 Å². The Labute approximate surface area is 131 Å². The van der Waals surface area contributed by atoms with Crippen molar-refractivity contribution < 1.29 is 9.66 Å². The van der Waals surface area contributed by atoms with Gasteiger partial charge in [0.25, 0.3) is 5.69 Å². The van der Waals surface area contributed by atoms with Crippen LogP contribution in [0.3, 0.4) is 0 Å². The average Bonchev–Trinajstić information content (AvgIpc) is 3.31. The van der Waals surface area contributed by atoms with Crippen LogP contribution < -0.4 is 10.1 Å². The summed E-state index contributed by atoms with van der Waals surface area (Å²) in [6, 6.07) is 6.11. The van der Waals surface area contributed by atoms with Gasteiger partial charge in [0, 0.05) is 12.0 Å². The molecule has 1 aliphatic rings. The summed E-state index contributed by atoms with van der Waals surface area (Å²) in [5, 5.41) is 14.4. The molecule has 1 aromatic carbocycles. The van der Waals surface area contributed by atoms with Gasteiger partial charge in [0.15, 0.2) is 0 Å². The average molecular weight is 321 g/mol. The van der Waals surface area contributed by atoms with E-state index in [1.54, 1.807) is 18.2 Å². The highest BCUT2D eigenvalue weighted by atomic mass is 35.5. The van der Waals surface area contributed by atoms with Crippen LogP contribution in [0.15, 0.2) is 24.3 Å². The van der Waals surface area contributed by atoms with Crippen molar-refractivity contribution in [3.63, 3.8) is 0 Å². The van der Waals surface area contributed by atoms with Crippen LogP contribution in [0, 0.1) is 10.1 Å². The molecule has 1 heterocycles. The van der Waals surface area contributed by atoms with Crippen LogP contribution in [0.2, 0.25) is 5.15 Å². The third kappa shape index (κ3) is 3.09. The standard InChI is InChI=1S/C14H13ClN4O3/c1-22-9-4-5-10(11(6-9)19(20)21)16-13-7-12(15)17-14(18-13)8-2-3-8/h4-8H,2-3H2,1H3,(H,16,17,18). The fourth-order valence-electron chi connectivity index (χ4n) is 2.06. The third-order valence-corrected chi connectivity index (χ3v) is 3.51. The van der Waals surface area contributed by atoms with Crippen LogP contribution in [0.4, 0.5) is 17.2 Å². The quantitative estimate of drug-likeness (QED) is 0.513. The maximum Gasteiger partial charge on any atom is 0.296 e. The Bertz CT molecular complexity index is 734. The monoisotopic (exact) mass is 320 g/mol. The number of nitrogens with zero attached hydrogens (tertiary/aromatic N) is 3. The minimum atomic E-state index is -0.477. The zero-order chi connectivity index (χ0) is 15.7. The highest BCUT2D eigenvalue weighted by molar-refractivity contribution is 6.29. The van der Waals surface area contributed by atoms with Crippen LogP contribution in [-0.2, 0) is 0 Å². The third-order valence-electron chi connectivity index (χ3n) is 3.32. The van der Waals surface area contributed by atoms with E-state index in [0.29, 0.717) is 34.2 Å². The highest BCUT2D eigenvalue weighted by Gasteiger charge is 2.27. The van der Waals surface area contributed by atoms with Crippen LogP contribution in [-0.4, -0.2) is 22.0 Å². The van der Waals surface area contributed by atoms with Gasteiger partial charge < -0.3 is 10.1 Å². The first kappa shape index (κ1) is 14.5. The van der Waals surface area contributed by atoms with E-state index in [1.807, 2.05) is 0 Å². The Balaban J connectivity index is 1.94.